The summed E-state index contributed by atoms with van der Waals surface area (Å²) in [6, 6.07) is 13.0. The van der Waals surface area contributed by atoms with Crippen LogP contribution in [0.25, 0.3) is 10.2 Å². The van der Waals surface area contributed by atoms with E-state index in [0.717, 1.165) is 16.0 Å². The number of halogens is 1. The highest BCUT2D eigenvalue weighted by atomic mass is 35.5. The van der Waals surface area contributed by atoms with Crippen molar-refractivity contribution < 1.29 is 9.47 Å². The number of ether oxygens (including phenoxy) is 2. The Labute approximate surface area is 131 Å². The summed E-state index contributed by atoms with van der Waals surface area (Å²) in [5, 5.41) is 1.19. The lowest BCUT2D eigenvalue weighted by Crippen LogP contribution is -2.10. The second kappa shape index (κ2) is 6.30. The number of hydrogen-bond donors (Lipinski definition) is 1. The van der Waals surface area contributed by atoms with Crippen molar-refractivity contribution in [2.75, 3.05) is 13.2 Å². The normalized spacial score (nSPS) is 10.8. The van der Waals surface area contributed by atoms with Crippen LogP contribution >= 0.6 is 22.9 Å². The molecule has 0 radical (unpaired) electrons. The fraction of sp³-hybridized carbons (Fsp3) is 0.133. The number of para-hydroxylation sites is 1. The molecular formula is C15H13ClN2O2S. The lowest BCUT2D eigenvalue weighted by molar-refractivity contribution is 0.328. The summed E-state index contributed by atoms with van der Waals surface area (Å²) in [6.45, 7) is 0.987. The molecule has 0 saturated heterocycles. The third-order valence-electron chi connectivity index (χ3n) is 2.77. The lowest BCUT2D eigenvalue weighted by atomic mass is 10.3. The molecule has 0 atom stereocenters. The predicted octanol–water partition coefficient (Wildman–Crippen LogP) is 4.08. The number of nitrogens with two attached hydrogens (primary N) is 1. The minimum Gasteiger partial charge on any atom is -0.492 e. The van der Waals surface area contributed by atoms with Gasteiger partial charge in [-0.15, -0.1) is 0 Å². The monoisotopic (exact) mass is 320 g/mol. The van der Waals surface area contributed by atoms with Gasteiger partial charge in [0, 0.05) is 6.54 Å². The number of hydrogen-bond acceptors (Lipinski definition) is 5. The first-order chi connectivity index (χ1) is 10.3. The van der Waals surface area contributed by atoms with Crippen LogP contribution < -0.4 is 15.2 Å². The smallest absolute Gasteiger partial charge is 0.279 e. The van der Waals surface area contributed by atoms with Gasteiger partial charge in [-0.05, 0) is 36.4 Å². The van der Waals surface area contributed by atoms with Gasteiger partial charge in [0.15, 0.2) is 0 Å². The number of fused-ring (bicyclic) bond motifs is 1. The van der Waals surface area contributed by atoms with Crippen LogP contribution in [0.1, 0.15) is 0 Å². The lowest BCUT2D eigenvalue weighted by Gasteiger charge is -2.05. The second-order valence-corrected chi connectivity index (χ2v) is 5.68. The van der Waals surface area contributed by atoms with E-state index in [9.17, 15) is 0 Å². The molecule has 4 nitrogen and oxygen atoms in total. The molecule has 0 bridgehead atoms. The van der Waals surface area contributed by atoms with Crippen LogP contribution in [0.2, 0.25) is 5.02 Å². The van der Waals surface area contributed by atoms with E-state index >= 15 is 0 Å². The first kappa shape index (κ1) is 14.1. The standard InChI is InChI=1S/C15H13ClN2O2S/c16-12-2-1-3-13-14(12)18-15(21-13)20-11-6-4-10(5-7-11)19-9-8-17/h1-7H,8-9,17H2. The summed E-state index contributed by atoms with van der Waals surface area (Å²) in [5.41, 5.74) is 6.16. The van der Waals surface area contributed by atoms with Crippen LogP contribution in [-0.4, -0.2) is 18.1 Å². The molecule has 21 heavy (non-hydrogen) atoms. The Hall–Kier alpha value is -1.82. The van der Waals surface area contributed by atoms with Crippen molar-refractivity contribution in [2.24, 2.45) is 5.73 Å². The maximum Gasteiger partial charge on any atom is 0.279 e. The molecule has 108 valence electrons. The Morgan fingerprint density at radius 1 is 1.10 bits per heavy atom. The summed E-state index contributed by atoms with van der Waals surface area (Å²) in [7, 11) is 0. The summed E-state index contributed by atoms with van der Waals surface area (Å²) >= 11 is 7.56. The van der Waals surface area contributed by atoms with Gasteiger partial charge in [-0.25, -0.2) is 4.98 Å². The number of aromatic nitrogens is 1. The van der Waals surface area contributed by atoms with E-state index < -0.39 is 0 Å². The van der Waals surface area contributed by atoms with Crippen molar-refractivity contribution in [1.29, 1.82) is 0 Å². The molecular weight excluding hydrogens is 308 g/mol. The Balaban J connectivity index is 1.77. The molecule has 0 saturated carbocycles. The van der Waals surface area contributed by atoms with Gasteiger partial charge in [-0.1, -0.05) is 29.0 Å². The molecule has 0 fully saturated rings. The van der Waals surface area contributed by atoms with Crippen LogP contribution in [0.5, 0.6) is 16.7 Å². The topological polar surface area (TPSA) is 57.4 Å². The minimum absolute atomic E-state index is 0.491. The van der Waals surface area contributed by atoms with E-state index in [0.29, 0.717) is 29.1 Å². The zero-order chi connectivity index (χ0) is 14.7. The number of thiazole rings is 1. The van der Waals surface area contributed by atoms with Crippen LogP contribution in [0, 0.1) is 0 Å². The summed E-state index contributed by atoms with van der Waals surface area (Å²) < 4.78 is 12.2. The van der Waals surface area contributed by atoms with E-state index in [2.05, 4.69) is 4.98 Å². The minimum atomic E-state index is 0.491. The van der Waals surface area contributed by atoms with Crippen molar-refractivity contribution >= 4 is 33.2 Å². The van der Waals surface area contributed by atoms with Crippen molar-refractivity contribution in [3.8, 4) is 16.7 Å². The molecule has 3 aromatic rings. The highest BCUT2D eigenvalue weighted by Crippen LogP contribution is 2.34. The maximum atomic E-state index is 6.10. The van der Waals surface area contributed by atoms with Gasteiger partial charge in [0.2, 0.25) is 0 Å². The van der Waals surface area contributed by atoms with Crippen molar-refractivity contribution in [1.82, 2.24) is 4.98 Å². The van der Waals surface area contributed by atoms with E-state index in [-0.39, 0.29) is 0 Å². The molecule has 0 aliphatic rings. The SMILES string of the molecule is NCCOc1ccc(Oc2nc3c(Cl)cccc3s2)cc1. The van der Waals surface area contributed by atoms with Crippen LogP contribution in [0.3, 0.4) is 0 Å². The fourth-order valence-electron chi connectivity index (χ4n) is 1.82. The fourth-order valence-corrected chi connectivity index (χ4v) is 2.95. The first-order valence-electron chi connectivity index (χ1n) is 6.42. The molecule has 1 aromatic heterocycles. The predicted molar refractivity (Wildman–Crippen MR) is 85.7 cm³/mol. The van der Waals surface area contributed by atoms with Gasteiger partial charge in [0.1, 0.15) is 23.6 Å². The Morgan fingerprint density at radius 3 is 2.57 bits per heavy atom. The van der Waals surface area contributed by atoms with E-state index in [4.69, 9.17) is 26.8 Å². The van der Waals surface area contributed by atoms with Gasteiger partial charge in [0.25, 0.3) is 5.19 Å². The van der Waals surface area contributed by atoms with Crippen molar-refractivity contribution in [2.45, 2.75) is 0 Å². The van der Waals surface area contributed by atoms with Gasteiger partial charge in [0.05, 0.1) is 9.72 Å². The summed E-state index contributed by atoms with van der Waals surface area (Å²) in [6.07, 6.45) is 0. The van der Waals surface area contributed by atoms with Gasteiger partial charge in [-0.3, -0.25) is 0 Å². The van der Waals surface area contributed by atoms with Gasteiger partial charge < -0.3 is 15.2 Å². The average molecular weight is 321 g/mol. The Bertz CT molecular complexity index is 743. The highest BCUT2D eigenvalue weighted by Gasteiger charge is 2.08. The Morgan fingerprint density at radius 2 is 1.86 bits per heavy atom. The largest absolute Gasteiger partial charge is 0.492 e. The molecule has 2 N–H and O–H groups in total. The summed E-state index contributed by atoms with van der Waals surface area (Å²) in [4.78, 5) is 4.40. The van der Waals surface area contributed by atoms with Gasteiger partial charge in [-0.2, -0.15) is 0 Å². The number of rotatable bonds is 5. The molecule has 0 unspecified atom stereocenters. The Kier molecular flexibility index (Phi) is 4.24. The van der Waals surface area contributed by atoms with Crippen LogP contribution in [0.4, 0.5) is 0 Å². The quantitative estimate of drug-likeness (QED) is 0.769. The molecule has 1 heterocycles. The maximum absolute atomic E-state index is 6.10. The van der Waals surface area contributed by atoms with Crippen LogP contribution in [-0.2, 0) is 0 Å². The molecule has 0 amide bonds. The summed E-state index contributed by atoms with van der Waals surface area (Å²) in [5.74, 6) is 1.46. The van der Waals surface area contributed by atoms with Crippen molar-refractivity contribution in [3.05, 3.63) is 47.5 Å². The molecule has 0 aliphatic heterocycles. The molecule has 6 heteroatoms. The second-order valence-electron chi connectivity index (χ2n) is 4.28. The third-order valence-corrected chi connectivity index (χ3v) is 3.97. The van der Waals surface area contributed by atoms with Gasteiger partial charge >= 0.3 is 0 Å². The number of benzene rings is 2. The molecule has 3 rings (SSSR count). The van der Waals surface area contributed by atoms with Crippen LogP contribution in [0.15, 0.2) is 42.5 Å². The highest BCUT2D eigenvalue weighted by molar-refractivity contribution is 7.20. The molecule has 0 spiro atoms. The third kappa shape index (κ3) is 3.26. The van der Waals surface area contributed by atoms with E-state index in [1.54, 1.807) is 0 Å². The van der Waals surface area contributed by atoms with Crippen molar-refractivity contribution in [3.63, 3.8) is 0 Å². The van der Waals surface area contributed by atoms with E-state index in [1.165, 1.54) is 11.3 Å². The number of nitrogens with zero attached hydrogens (tertiary/aromatic N) is 1. The zero-order valence-corrected chi connectivity index (χ0v) is 12.7. The molecule has 0 aliphatic carbocycles. The first-order valence-corrected chi connectivity index (χ1v) is 7.61. The molecule has 2 aromatic carbocycles. The average Bonchev–Trinajstić information content (AvgIpc) is 2.91. The zero-order valence-electron chi connectivity index (χ0n) is 11.1. The van der Waals surface area contributed by atoms with E-state index in [1.807, 2.05) is 42.5 Å².